The summed E-state index contributed by atoms with van der Waals surface area (Å²) in [6.45, 7) is 11.9. The molecule has 1 N–H and O–H groups in total. The van der Waals surface area contributed by atoms with Crippen LogP contribution >= 0.6 is 12.6 Å². The summed E-state index contributed by atoms with van der Waals surface area (Å²) in [6, 6.07) is 0. The van der Waals surface area contributed by atoms with Crippen LogP contribution in [0.15, 0.2) is 0 Å². The number of hydrogen-bond donors (Lipinski definition) is 2. The molecule has 282 valence electrons. The number of thiol groups is 1. The van der Waals surface area contributed by atoms with Crippen LogP contribution in [0.5, 0.6) is 0 Å². The van der Waals surface area contributed by atoms with E-state index in [9.17, 15) is 9.59 Å². The SMILES string of the molecule is CC(C)CCCCCCCCCCCCCOC(=O)CCCC(S)CCCCCCCCCCCCCC(C)C.CCCCC(=O)O. The van der Waals surface area contributed by atoms with Gasteiger partial charge >= 0.3 is 11.9 Å². The van der Waals surface area contributed by atoms with Gasteiger partial charge in [0, 0.05) is 18.1 Å². The van der Waals surface area contributed by atoms with Gasteiger partial charge < -0.3 is 9.84 Å². The van der Waals surface area contributed by atoms with Gasteiger partial charge in [0.15, 0.2) is 0 Å². The summed E-state index contributed by atoms with van der Waals surface area (Å²) < 4.78 is 5.45. The van der Waals surface area contributed by atoms with E-state index in [1.165, 1.54) is 154 Å². The van der Waals surface area contributed by atoms with Crippen LogP contribution in [0, 0.1) is 11.8 Å². The van der Waals surface area contributed by atoms with Gasteiger partial charge in [-0.15, -0.1) is 0 Å². The maximum absolute atomic E-state index is 12.0. The van der Waals surface area contributed by atoms with E-state index in [1.54, 1.807) is 0 Å². The molecule has 0 saturated heterocycles. The molecular formula is C42H84O4S. The molecular weight excluding hydrogens is 601 g/mol. The Kier molecular flexibility index (Phi) is 40.9. The van der Waals surface area contributed by atoms with Crippen molar-refractivity contribution in [2.45, 2.75) is 239 Å². The average Bonchev–Trinajstić information content (AvgIpc) is 3.02. The first-order valence-corrected chi connectivity index (χ1v) is 21.3. The second-order valence-corrected chi connectivity index (χ2v) is 15.9. The van der Waals surface area contributed by atoms with Gasteiger partial charge in [-0.3, -0.25) is 9.59 Å². The van der Waals surface area contributed by atoms with E-state index >= 15 is 0 Å². The number of carboxylic acid groups (broad SMARTS) is 1. The molecule has 0 aliphatic rings. The lowest BCUT2D eigenvalue weighted by atomic mass is 10.0. The van der Waals surface area contributed by atoms with Crippen LogP contribution in [-0.2, 0) is 14.3 Å². The Morgan fingerprint density at radius 3 is 1.17 bits per heavy atom. The van der Waals surface area contributed by atoms with Crippen LogP contribution in [0.4, 0.5) is 0 Å². The Hall–Kier alpha value is -0.710. The van der Waals surface area contributed by atoms with Gasteiger partial charge in [0.1, 0.15) is 0 Å². The molecule has 0 fully saturated rings. The number of carboxylic acids is 1. The minimum Gasteiger partial charge on any atom is -0.481 e. The van der Waals surface area contributed by atoms with Crippen molar-refractivity contribution in [2.75, 3.05) is 6.61 Å². The third-order valence-electron chi connectivity index (χ3n) is 9.17. The summed E-state index contributed by atoms with van der Waals surface area (Å²) in [4.78, 5) is 21.8. The van der Waals surface area contributed by atoms with Crippen molar-refractivity contribution >= 4 is 24.6 Å². The van der Waals surface area contributed by atoms with Crippen LogP contribution in [0.3, 0.4) is 0 Å². The van der Waals surface area contributed by atoms with E-state index in [-0.39, 0.29) is 5.97 Å². The van der Waals surface area contributed by atoms with Crippen LogP contribution in [0.1, 0.15) is 234 Å². The van der Waals surface area contributed by atoms with Crippen molar-refractivity contribution in [3.8, 4) is 0 Å². The van der Waals surface area contributed by atoms with Gasteiger partial charge in [-0.1, -0.05) is 189 Å². The summed E-state index contributed by atoms with van der Waals surface area (Å²) in [6.07, 6.45) is 38.7. The Labute approximate surface area is 300 Å². The minimum absolute atomic E-state index is 0.00974. The number of aliphatic carboxylic acids is 1. The fourth-order valence-corrected chi connectivity index (χ4v) is 6.35. The first-order chi connectivity index (χ1) is 22.7. The fourth-order valence-electron chi connectivity index (χ4n) is 5.98. The summed E-state index contributed by atoms with van der Waals surface area (Å²) in [5, 5.41) is 8.48. The van der Waals surface area contributed by atoms with E-state index in [1.807, 2.05) is 6.92 Å². The van der Waals surface area contributed by atoms with Crippen molar-refractivity contribution in [3.05, 3.63) is 0 Å². The highest BCUT2D eigenvalue weighted by Gasteiger charge is 2.07. The van der Waals surface area contributed by atoms with Crippen molar-refractivity contribution in [2.24, 2.45) is 11.8 Å². The standard InChI is InChI=1S/C37H74O2S.C5H10O2/c1-34(2)28-23-19-15-11-7-5-9-13-17-21-25-30-36(40)31-27-32-37(38)39-33-26-22-18-14-10-6-8-12-16-20-24-29-35(3)4;1-2-3-4-5(6)7/h34-36,40H,5-33H2,1-4H3;2-4H2,1H3,(H,6,7). The van der Waals surface area contributed by atoms with Gasteiger partial charge in [-0.2, -0.15) is 12.6 Å². The number of carbonyl (C=O) groups is 2. The highest BCUT2D eigenvalue weighted by molar-refractivity contribution is 7.80. The van der Waals surface area contributed by atoms with Crippen LogP contribution in [0.2, 0.25) is 0 Å². The molecule has 0 aromatic heterocycles. The molecule has 4 nitrogen and oxygen atoms in total. The molecule has 0 aliphatic carbocycles. The van der Waals surface area contributed by atoms with Gasteiger partial charge in [-0.05, 0) is 43.9 Å². The maximum Gasteiger partial charge on any atom is 0.305 e. The molecule has 0 spiro atoms. The maximum atomic E-state index is 12.0. The highest BCUT2D eigenvalue weighted by atomic mass is 32.1. The zero-order valence-corrected chi connectivity index (χ0v) is 33.4. The second kappa shape index (κ2) is 39.7. The van der Waals surface area contributed by atoms with Gasteiger partial charge in [0.05, 0.1) is 6.61 Å². The number of rotatable bonds is 35. The predicted molar refractivity (Wildman–Crippen MR) is 210 cm³/mol. The van der Waals surface area contributed by atoms with E-state index in [0.717, 1.165) is 43.9 Å². The average molecular weight is 685 g/mol. The van der Waals surface area contributed by atoms with Crippen LogP contribution in [-0.4, -0.2) is 28.9 Å². The topological polar surface area (TPSA) is 63.6 Å². The first-order valence-electron chi connectivity index (χ1n) is 20.7. The monoisotopic (exact) mass is 685 g/mol. The van der Waals surface area contributed by atoms with Crippen molar-refractivity contribution < 1.29 is 19.4 Å². The lowest BCUT2D eigenvalue weighted by molar-refractivity contribution is -0.144. The van der Waals surface area contributed by atoms with E-state index in [0.29, 0.717) is 24.7 Å². The quantitative estimate of drug-likeness (QED) is 0.0396. The Bertz CT molecular complexity index is 636. The molecule has 0 aliphatic heterocycles. The van der Waals surface area contributed by atoms with Crippen molar-refractivity contribution in [1.29, 1.82) is 0 Å². The Morgan fingerprint density at radius 2 is 0.830 bits per heavy atom. The smallest absolute Gasteiger partial charge is 0.305 e. The first kappa shape index (κ1) is 48.4. The minimum atomic E-state index is -0.693. The molecule has 0 heterocycles. The number of carbonyl (C=O) groups excluding carboxylic acids is 1. The molecule has 5 heteroatoms. The number of esters is 1. The van der Waals surface area contributed by atoms with Crippen molar-refractivity contribution in [3.63, 3.8) is 0 Å². The molecule has 0 aromatic rings. The molecule has 0 saturated carbocycles. The lowest BCUT2D eigenvalue weighted by Gasteiger charge is -2.10. The van der Waals surface area contributed by atoms with Gasteiger partial charge in [0.25, 0.3) is 0 Å². The summed E-state index contributed by atoms with van der Waals surface area (Å²) in [7, 11) is 0. The van der Waals surface area contributed by atoms with E-state index in [2.05, 4.69) is 27.7 Å². The third kappa shape index (κ3) is 47.5. The second-order valence-electron chi connectivity index (χ2n) is 15.2. The summed E-state index contributed by atoms with van der Waals surface area (Å²) >= 11 is 4.76. The lowest BCUT2D eigenvalue weighted by Crippen LogP contribution is -2.07. The number of unbranched alkanes of at least 4 members (excludes halogenated alkanes) is 21. The van der Waals surface area contributed by atoms with Crippen LogP contribution < -0.4 is 0 Å². The molecule has 0 radical (unpaired) electrons. The zero-order valence-electron chi connectivity index (χ0n) is 32.5. The van der Waals surface area contributed by atoms with Crippen molar-refractivity contribution in [1.82, 2.24) is 0 Å². The third-order valence-corrected chi connectivity index (χ3v) is 9.69. The molecule has 0 amide bonds. The molecule has 0 aromatic carbocycles. The predicted octanol–water partition coefficient (Wildman–Crippen LogP) is 14.3. The Balaban J connectivity index is 0. The number of ether oxygens (including phenoxy) is 1. The molecule has 1 atom stereocenters. The number of hydrogen-bond acceptors (Lipinski definition) is 4. The molecule has 47 heavy (non-hydrogen) atoms. The fraction of sp³-hybridized carbons (Fsp3) is 0.952. The normalized spacial score (nSPS) is 11.9. The van der Waals surface area contributed by atoms with E-state index < -0.39 is 5.97 Å². The summed E-state index contributed by atoms with van der Waals surface area (Å²) in [5.41, 5.74) is 0. The van der Waals surface area contributed by atoms with E-state index in [4.69, 9.17) is 22.5 Å². The zero-order chi connectivity index (χ0) is 35.2. The molecule has 1 unspecified atom stereocenters. The molecule has 0 bridgehead atoms. The molecule has 0 rings (SSSR count). The van der Waals surface area contributed by atoms with Gasteiger partial charge in [-0.25, -0.2) is 0 Å². The van der Waals surface area contributed by atoms with Crippen LogP contribution in [0.25, 0.3) is 0 Å². The largest absolute Gasteiger partial charge is 0.481 e. The van der Waals surface area contributed by atoms with Gasteiger partial charge in [0.2, 0.25) is 0 Å². The summed E-state index contributed by atoms with van der Waals surface area (Å²) in [5.74, 6) is 1.03. The Morgan fingerprint density at radius 1 is 0.489 bits per heavy atom. The highest BCUT2D eigenvalue weighted by Crippen LogP contribution is 2.18.